The molecule has 0 saturated carbocycles. The second kappa shape index (κ2) is 5.92. The van der Waals surface area contributed by atoms with E-state index in [0.717, 1.165) is 30.1 Å². The van der Waals surface area contributed by atoms with E-state index >= 15 is 0 Å². The maximum Gasteiger partial charge on any atom is 0.200 e. The second-order valence-electron chi connectivity index (χ2n) is 5.91. The zero-order valence-corrected chi connectivity index (χ0v) is 12.9. The van der Waals surface area contributed by atoms with Gasteiger partial charge in [-0.1, -0.05) is 0 Å². The molecule has 2 atom stereocenters. The molecular weight excluding hydrogens is 292 g/mol. The van der Waals surface area contributed by atoms with Crippen molar-refractivity contribution in [2.24, 2.45) is 5.92 Å². The van der Waals surface area contributed by atoms with E-state index in [-0.39, 0.29) is 6.04 Å². The summed E-state index contributed by atoms with van der Waals surface area (Å²) in [5.41, 5.74) is 3.89. The van der Waals surface area contributed by atoms with Crippen LogP contribution >= 0.6 is 0 Å². The number of hydrogen-bond donors (Lipinski definition) is 1. The summed E-state index contributed by atoms with van der Waals surface area (Å²) < 4.78 is 7.40. The molecular formula is C16H18N6O. The summed E-state index contributed by atoms with van der Waals surface area (Å²) in [6, 6.07) is 6.36. The monoisotopic (exact) mass is 310 g/mol. The first kappa shape index (κ1) is 14.1. The van der Waals surface area contributed by atoms with Crippen molar-refractivity contribution in [1.29, 1.82) is 0 Å². The van der Waals surface area contributed by atoms with Crippen LogP contribution in [0, 0.1) is 12.8 Å². The van der Waals surface area contributed by atoms with Crippen molar-refractivity contribution in [1.82, 2.24) is 24.8 Å². The Morgan fingerprint density at radius 2 is 2.17 bits per heavy atom. The van der Waals surface area contributed by atoms with E-state index < -0.39 is 0 Å². The number of fused-ring (bicyclic) bond motifs is 1. The van der Waals surface area contributed by atoms with Gasteiger partial charge in [0.2, 0.25) is 5.65 Å². The molecule has 23 heavy (non-hydrogen) atoms. The van der Waals surface area contributed by atoms with E-state index in [1.807, 2.05) is 25.4 Å². The number of ether oxygens (including phenoxy) is 1. The highest BCUT2D eigenvalue weighted by molar-refractivity contribution is 5.67. The maximum absolute atomic E-state index is 5.70. The molecule has 0 unspecified atom stereocenters. The SMILES string of the molecule is Cc1cc(N[C@@H]2COC[C@H]2Cc2ccncc2)c2nncn2n1. The van der Waals surface area contributed by atoms with Gasteiger partial charge in [-0.25, -0.2) is 0 Å². The van der Waals surface area contributed by atoms with Gasteiger partial charge in [-0.3, -0.25) is 4.98 Å². The number of nitrogens with zero attached hydrogens (tertiary/aromatic N) is 5. The van der Waals surface area contributed by atoms with Crippen LogP contribution in [0.3, 0.4) is 0 Å². The van der Waals surface area contributed by atoms with Crippen molar-refractivity contribution in [2.45, 2.75) is 19.4 Å². The van der Waals surface area contributed by atoms with Crippen LogP contribution in [0.5, 0.6) is 0 Å². The van der Waals surface area contributed by atoms with Crippen LogP contribution < -0.4 is 5.32 Å². The van der Waals surface area contributed by atoms with Crippen LogP contribution in [-0.4, -0.2) is 44.1 Å². The summed E-state index contributed by atoms with van der Waals surface area (Å²) >= 11 is 0. The lowest BCUT2D eigenvalue weighted by Crippen LogP contribution is -2.29. The minimum Gasteiger partial charge on any atom is -0.379 e. The number of pyridine rings is 1. The molecule has 1 fully saturated rings. The molecule has 1 aliphatic heterocycles. The van der Waals surface area contributed by atoms with Gasteiger partial charge < -0.3 is 10.1 Å². The Bertz CT molecular complexity index is 803. The molecule has 3 aromatic rings. The van der Waals surface area contributed by atoms with Crippen molar-refractivity contribution in [3.05, 3.63) is 48.2 Å². The first-order valence-electron chi connectivity index (χ1n) is 7.70. The van der Waals surface area contributed by atoms with E-state index in [4.69, 9.17) is 4.74 Å². The number of aromatic nitrogens is 5. The number of anilines is 1. The molecule has 0 bridgehead atoms. The first-order valence-corrected chi connectivity index (χ1v) is 7.70. The Morgan fingerprint density at radius 1 is 1.30 bits per heavy atom. The normalized spacial score (nSPS) is 20.9. The second-order valence-corrected chi connectivity index (χ2v) is 5.91. The molecule has 3 aromatic heterocycles. The molecule has 0 aromatic carbocycles. The highest BCUT2D eigenvalue weighted by Crippen LogP contribution is 2.24. The highest BCUT2D eigenvalue weighted by Gasteiger charge is 2.29. The fraction of sp³-hybridized carbons (Fsp3) is 0.375. The molecule has 0 aliphatic carbocycles. The standard InChI is InChI=1S/C16H18N6O/c1-11-6-14(16-20-18-10-22(16)21-11)19-15-9-23-8-13(15)7-12-2-4-17-5-3-12/h2-6,10,13,15,19H,7-9H2,1H3/t13-,15-/m1/s1. The Balaban J connectivity index is 1.56. The average Bonchev–Trinajstić information content (AvgIpc) is 3.18. The van der Waals surface area contributed by atoms with Gasteiger partial charge in [-0.15, -0.1) is 10.2 Å². The van der Waals surface area contributed by atoms with E-state index in [9.17, 15) is 0 Å². The summed E-state index contributed by atoms with van der Waals surface area (Å²) in [4.78, 5) is 4.07. The molecule has 0 amide bonds. The average molecular weight is 310 g/mol. The number of aryl methyl sites for hydroxylation is 1. The van der Waals surface area contributed by atoms with Gasteiger partial charge in [0.05, 0.1) is 30.6 Å². The predicted octanol–water partition coefficient (Wildman–Crippen LogP) is 1.50. The Kier molecular flexibility index (Phi) is 3.63. The van der Waals surface area contributed by atoms with Crippen molar-refractivity contribution >= 4 is 11.3 Å². The van der Waals surface area contributed by atoms with Crippen LogP contribution in [0.2, 0.25) is 0 Å². The molecule has 7 heteroatoms. The molecule has 1 aliphatic rings. The van der Waals surface area contributed by atoms with Crippen molar-refractivity contribution in [3.63, 3.8) is 0 Å². The summed E-state index contributed by atoms with van der Waals surface area (Å²) in [6.07, 6.45) is 6.25. The zero-order valence-electron chi connectivity index (χ0n) is 12.9. The molecule has 4 rings (SSSR count). The third-order valence-corrected chi connectivity index (χ3v) is 4.18. The summed E-state index contributed by atoms with van der Waals surface area (Å²) in [5, 5.41) is 16.0. The Labute approximate surface area is 133 Å². The summed E-state index contributed by atoms with van der Waals surface area (Å²) in [6.45, 7) is 3.41. The van der Waals surface area contributed by atoms with E-state index in [0.29, 0.717) is 12.5 Å². The van der Waals surface area contributed by atoms with Crippen molar-refractivity contribution < 1.29 is 4.74 Å². The van der Waals surface area contributed by atoms with Crippen LogP contribution in [0.1, 0.15) is 11.3 Å². The Morgan fingerprint density at radius 3 is 3.04 bits per heavy atom. The zero-order chi connectivity index (χ0) is 15.6. The fourth-order valence-corrected chi connectivity index (χ4v) is 3.04. The summed E-state index contributed by atoms with van der Waals surface area (Å²) in [7, 11) is 0. The van der Waals surface area contributed by atoms with Crippen LogP contribution in [0.15, 0.2) is 36.9 Å². The van der Waals surface area contributed by atoms with Crippen molar-refractivity contribution in [3.8, 4) is 0 Å². The first-order chi connectivity index (χ1) is 11.3. The van der Waals surface area contributed by atoms with Crippen LogP contribution in [0.4, 0.5) is 5.69 Å². The third kappa shape index (κ3) is 2.87. The number of rotatable bonds is 4. The molecule has 7 nitrogen and oxygen atoms in total. The lowest BCUT2D eigenvalue weighted by molar-refractivity contribution is 0.185. The van der Waals surface area contributed by atoms with Gasteiger partial charge in [-0.2, -0.15) is 9.61 Å². The Hall–Kier alpha value is -2.54. The highest BCUT2D eigenvalue weighted by atomic mass is 16.5. The quantitative estimate of drug-likeness (QED) is 0.787. The summed E-state index contributed by atoms with van der Waals surface area (Å²) in [5.74, 6) is 0.411. The molecule has 4 heterocycles. The predicted molar refractivity (Wildman–Crippen MR) is 85.2 cm³/mol. The molecule has 118 valence electrons. The third-order valence-electron chi connectivity index (χ3n) is 4.18. The maximum atomic E-state index is 5.70. The van der Waals surface area contributed by atoms with E-state index in [1.165, 1.54) is 5.56 Å². The minimum atomic E-state index is 0.241. The number of nitrogens with one attached hydrogen (secondary N) is 1. The number of hydrogen-bond acceptors (Lipinski definition) is 6. The largest absolute Gasteiger partial charge is 0.379 e. The van der Waals surface area contributed by atoms with Gasteiger partial charge in [-0.05, 0) is 37.1 Å². The van der Waals surface area contributed by atoms with Gasteiger partial charge >= 0.3 is 0 Å². The lowest BCUT2D eigenvalue weighted by atomic mass is 9.95. The molecule has 0 radical (unpaired) electrons. The van der Waals surface area contributed by atoms with Gasteiger partial charge in [0.25, 0.3) is 0 Å². The van der Waals surface area contributed by atoms with Crippen LogP contribution in [0.25, 0.3) is 5.65 Å². The molecule has 0 spiro atoms. The fourth-order valence-electron chi connectivity index (χ4n) is 3.04. The van der Waals surface area contributed by atoms with Crippen LogP contribution in [-0.2, 0) is 11.2 Å². The van der Waals surface area contributed by atoms with E-state index in [1.54, 1.807) is 10.8 Å². The van der Waals surface area contributed by atoms with E-state index in [2.05, 4.69) is 37.7 Å². The molecule has 1 N–H and O–H groups in total. The van der Waals surface area contributed by atoms with Gasteiger partial charge in [0, 0.05) is 18.3 Å². The van der Waals surface area contributed by atoms with Crippen molar-refractivity contribution in [2.75, 3.05) is 18.5 Å². The molecule has 1 saturated heterocycles. The van der Waals surface area contributed by atoms with Gasteiger partial charge in [0.15, 0.2) is 0 Å². The topological polar surface area (TPSA) is 77.2 Å². The van der Waals surface area contributed by atoms with Gasteiger partial charge in [0.1, 0.15) is 6.33 Å². The minimum absolute atomic E-state index is 0.241. The smallest absolute Gasteiger partial charge is 0.200 e. The lowest BCUT2D eigenvalue weighted by Gasteiger charge is -2.20.